The Balaban J connectivity index is 2.10. The fraction of sp³-hybridized carbons (Fsp3) is 0.0769. The topological polar surface area (TPSA) is 40.5 Å². The molecule has 29 heavy (non-hydrogen) atoms. The lowest BCUT2D eigenvalue weighted by atomic mass is 9.66. The molecule has 1 unspecified atom stereocenters. The van der Waals surface area contributed by atoms with E-state index in [-0.39, 0.29) is 0 Å². The van der Waals surface area contributed by atoms with Gasteiger partial charge in [-0.15, -0.1) is 0 Å². The smallest absolute Gasteiger partial charge is 0.152 e. The first-order valence-corrected chi connectivity index (χ1v) is 9.82. The Hall–Kier alpha value is -2.91. The fourth-order valence-electron chi connectivity index (χ4n) is 3.92. The summed E-state index contributed by atoms with van der Waals surface area (Å²) < 4.78 is 0. The van der Waals surface area contributed by atoms with E-state index in [1.54, 1.807) is 24.3 Å². The molecule has 2 nitrogen and oxygen atoms in total. The summed E-state index contributed by atoms with van der Waals surface area (Å²) in [4.78, 5) is 0. The maximum Gasteiger partial charge on any atom is 0.152 e. The Morgan fingerprint density at radius 3 is 1.17 bits per heavy atom. The highest BCUT2D eigenvalue weighted by Gasteiger charge is 2.54. The van der Waals surface area contributed by atoms with Gasteiger partial charge in [-0.25, -0.2) is 0 Å². The van der Waals surface area contributed by atoms with Crippen molar-refractivity contribution in [3.8, 4) is 0 Å². The van der Waals surface area contributed by atoms with Gasteiger partial charge >= 0.3 is 0 Å². The van der Waals surface area contributed by atoms with Crippen molar-refractivity contribution < 1.29 is 10.2 Å². The average molecular weight is 401 g/mol. The van der Waals surface area contributed by atoms with E-state index in [1.807, 2.05) is 91.0 Å². The van der Waals surface area contributed by atoms with E-state index in [2.05, 4.69) is 0 Å². The molecule has 0 aliphatic heterocycles. The van der Waals surface area contributed by atoms with Gasteiger partial charge in [-0.2, -0.15) is 0 Å². The molecule has 0 amide bonds. The minimum Gasteiger partial charge on any atom is -0.377 e. The monoisotopic (exact) mass is 400 g/mol. The largest absolute Gasteiger partial charge is 0.377 e. The summed E-state index contributed by atoms with van der Waals surface area (Å²) in [6, 6.07) is 34.7. The second-order valence-electron chi connectivity index (χ2n) is 7.03. The van der Waals surface area contributed by atoms with Crippen LogP contribution in [0, 0.1) is 0 Å². The van der Waals surface area contributed by atoms with Crippen LogP contribution in [0.4, 0.5) is 0 Å². The molecule has 0 aromatic heterocycles. The van der Waals surface area contributed by atoms with Gasteiger partial charge in [0.1, 0.15) is 0 Å². The highest BCUT2D eigenvalue weighted by Crippen LogP contribution is 2.49. The predicted octanol–water partition coefficient (Wildman–Crippen LogP) is 5.51. The second-order valence-corrected chi connectivity index (χ2v) is 7.47. The average Bonchev–Trinajstić information content (AvgIpc) is 2.79. The zero-order valence-electron chi connectivity index (χ0n) is 15.7. The summed E-state index contributed by atoms with van der Waals surface area (Å²) in [7, 11) is 0. The van der Waals surface area contributed by atoms with Crippen LogP contribution in [0.15, 0.2) is 115 Å². The first-order chi connectivity index (χ1) is 14.1. The van der Waals surface area contributed by atoms with Crippen molar-refractivity contribution in [1.29, 1.82) is 0 Å². The Kier molecular flexibility index (Phi) is 5.25. The van der Waals surface area contributed by atoms with Gasteiger partial charge in [0.15, 0.2) is 11.2 Å². The van der Waals surface area contributed by atoms with E-state index in [9.17, 15) is 10.2 Å². The number of halogens is 1. The first-order valence-electron chi connectivity index (χ1n) is 9.44. The fourth-order valence-corrected chi connectivity index (χ4v) is 4.11. The Bertz CT molecular complexity index is 1040. The molecule has 144 valence electrons. The van der Waals surface area contributed by atoms with Crippen LogP contribution in [-0.4, -0.2) is 10.2 Å². The van der Waals surface area contributed by atoms with Crippen LogP contribution in [0.3, 0.4) is 0 Å². The summed E-state index contributed by atoms with van der Waals surface area (Å²) in [5.41, 5.74) is -1.32. The molecule has 4 aromatic rings. The van der Waals surface area contributed by atoms with Gasteiger partial charge in [0.05, 0.1) is 0 Å². The summed E-state index contributed by atoms with van der Waals surface area (Å²) in [6.45, 7) is 0. The van der Waals surface area contributed by atoms with E-state index >= 15 is 0 Å². The number of aliphatic hydroxyl groups is 2. The summed E-state index contributed by atoms with van der Waals surface area (Å²) >= 11 is 6.29. The molecular formula is C26H21ClO2. The van der Waals surface area contributed by atoms with Crippen LogP contribution in [0.5, 0.6) is 0 Å². The zero-order chi connectivity index (χ0) is 20.3. The normalized spacial score (nSPS) is 13.6. The predicted molar refractivity (Wildman–Crippen MR) is 117 cm³/mol. The highest BCUT2D eigenvalue weighted by atomic mass is 35.5. The standard InChI is InChI=1S/C26H21ClO2/c27-24-18-10-17-23(19-24)26(29,22-15-8-3-9-16-22)25(28,20-11-4-1-5-12-20)21-13-6-2-7-14-21/h1-19,28-29H. The molecule has 0 bridgehead atoms. The molecule has 2 N–H and O–H groups in total. The van der Waals surface area contributed by atoms with Gasteiger partial charge in [0.25, 0.3) is 0 Å². The van der Waals surface area contributed by atoms with Gasteiger partial charge in [-0.3, -0.25) is 0 Å². The highest BCUT2D eigenvalue weighted by molar-refractivity contribution is 6.30. The number of hydrogen-bond donors (Lipinski definition) is 2. The molecular weight excluding hydrogens is 380 g/mol. The Labute approximate surface area is 175 Å². The summed E-state index contributed by atoms with van der Waals surface area (Å²) in [5, 5.41) is 25.3. The maximum absolute atomic E-state index is 12.4. The van der Waals surface area contributed by atoms with Crippen LogP contribution >= 0.6 is 11.6 Å². The third-order valence-electron chi connectivity index (χ3n) is 5.34. The van der Waals surface area contributed by atoms with Gasteiger partial charge in [-0.1, -0.05) is 115 Å². The number of hydrogen-bond acceptors (Lipinski definition) is 2. The van der Waals surface area contributed by atoms with E-state index in [0.29, 0.717) is 27.3 Å². The maximum atomic E-state index is 12.4. The third kappa shape index (κ3) is 3.26. The Morgan fingerprint density at radius 1 is 0.448 bits per heavy atom. The van der Waals surface area contributed by atoms with Gasteiger partial charge < -0.3 is 10.2 Å². The molecule has 0 aliphatic carbocycles. The molecule has 0 saturated carbocycles. The third-order valence-corrected chi connectivity index (χ3v) is 5.58. The number of benzene rings is 4. The van der Waals surface area contributed by atoms with Crippen molar-refractivity contribution >= 4 is 11.6 Å². The molecule has 0 spiro atoms. The second kappa shape index (κ2) is 7.84. The van der Waals surface area contributed by atoms with E-state index in [0.717, 1.165) is 0 Å². The molecule has 0 heterocycles. The quantitative estimate of drug-likeness (QED) is 0.463. The first kappa shape index (κ1) is 19.4. The molecule has 4 rings (SSSR count). The van der Waals surface area contributed by atoms with E-state index in [4.69, 9.17) is 11.6 Å². The lowest BCUT2D eigenvalue weighted by molar-refractivity contribution is -0.113. The van der Waals surface area contributed by atoms with E-state index < -0.39 is 11.2 Å². The molecule has 0 aliphatic rings. The SMILES string of the molecule is OC(c1ccccc1)(c1ccccc1)C(O)(c1ccccc1)c1cccc(Cl)c1. The summed E-state index contributed by atoms with van der Waals surface area (Å²) in [5.74, 6) is 0. The molecule has 0 fully saturated rings. The molecule has 3 heteroatoms. The minimum atomic E-state index is -1.79. The zero-order valence-corrected chi connectivity index (χ0v) is 16.5. The van der Waals surface area contributed by atoms with Crippen LogP contribution in [0.2, 0.25) is 5.02 Å². The van der Waals surface area contributed by atoms with Gasteiger partial charge in [0.2, 0.25) is 0 Å². The van der Waals surface area contributed by atoms with Crippen molar-refractivity contribution in [2.75, 3.05) is 0 Å². The van der Waals surface area contributed by atoms with Crippen molar-refractivity contribution in [3.05, 3.63) is 143 Å². The van der Waals surface area contributed by atoms with Crippen LogP contribution < -0.4 is 0 Å². The van der Waals surface area contributed by atoms with Crippen LogP contribution in [0.1, 0.15) is 22.3 Å². The molecule has 0 radical (unpaired) electrons. The molecule has 0 saturated heterocycles. The van der Waals surface area contributed by atoms with Crippen molar-refractivity contribution in [1.82, 2.24) is 0 Å². The number of rotatable bonds is 5. The van der Waals surface area contributed by atoms with Gasteiger partial charge in [0, 0.05) is 5.02 Å². The van der Waals surface area contributed by atoms with Crippen LogP contribution in [-0.2, 0) is 11.2 Å². The lowest BCUT2D eigenvalue weighted by Crippen LogP contribution is -2.51. The van der Waals surface area contributed by atoms with Gasteiger partial charge in [-0.05, 0) is 34.4 Å². The van der Waals surface area contributed by atoms with E-state index in [1.165, 1.54) is 0 Å². The molecule has 4 aromatic carbocycles. The molecule has 1 atom stereocenters. The van der Waals surface area contributed by atoms with Crippen LogP contribution in [0.25, 0.3) is 0 Å². The van der Waals surface area contributed by atoms with Crippen molar-refractivity contribution in [3.63, 3.8) is 0 Å². The minimum absolute atomic E-state index is 0.486. The summed E-state index contributed by atoms with van der Waals surface area (Å²) in [6.07, 6.45) is 0. The van der Waals surface area contributed by atoms with Crippen molar-refractivity contribution in [2.24, 2.45) is 0 Å². The Morgan fingerprint density at radius 2 is 0.793 bits per heavy atom. The lowest BCUT2D eigenvalue weighted by Gasteiger charge is -2.45. The van der Waals surface area contributed by atoms with Crippen molar-refractivity contribution in [2.45, 2.75) is 11.2 Å².